The summed E-state index contributed by atoms with van der Waals surface area (Å²) in [5.41, 5.74) is 0.832. The van der Waals surface area contributed by atoms with Gasteiger partial charge in [0.15, 0.2) is 10.3 Å². The monoisotopic (exact) mass is 321 g/mol. The Bertz CT molecular complexity index is 756. The summed E-state index contributed by atoms with van der Waals surface area (Å²) >= 11 is 2.69. The van der Waals surface area contributed by atoms with E-state index in [9.17, 15) is 4.79 Å². The molecule has 0 radical (unpaired) electrons. The number of nitrogens with one attached hydrogen (secondary N) is 2. The van der Waals surface area contributed by atoms with Gasteiger partial charge in [-0.3, -0.25) is 9.89 Å². The molecular weight excluding hydrogens is 310 g/mol. The molecule has 0 bridgehead atoms. The van der Waals surface area contributed by atoms with Crippen LogP contribution >= 0.6 is 23.1 Å². The van der Waals surface area contributed by atoms with Crippen LogP contribution in [-0.4, -0.2) is 38.9 Å². The lowest BCUT2D eigenvalue weighted by atomic mass is 10.3. The molecule has 0 atom stereocenters. The van der Waals surface area contributed by atoms with Gasteiger partial charge in [0.2, 0.25) is 5.91 Å². The number of aromatic amines is 1. The summed E-state index contributed by atoms with van der Waals surface area (Å²) in [7, 11) is 1.62. The van der Waals surface area contributed by atoms with Crippen molar-refractivity contribution in [2.45, 2.75) is 5.16 Å². The number of fused-ring (bicyclic) bond motifs is 1. The predicted octanol–water partition coefficient (Wildman–Crippen LogP) is 2.15. The van der Waals surface area contributed by atoms with Crippen molar-refractivity contribution in [3.63, 3.8) is 0 Å². The first-order chi connectivity index (χ1) is 10.2. The second-order valence-corrected chi connectivity index (χ2v) is 5.97. The minimum Gasteiger partial charge on any atom is -0.497 e. The maximum atomic E-state index is 11.9. The van der Waals surface area contributed by atoms with Gasteiger partial charge in [-0.2, -0.15) is 5.10 Å². The number of hydrogen-bond donors (Lipinski definition) is 2. The summed E-state index contributed by atoms with van der Waals surface area (Å²) in [5, 5.41) is 10.4. The van der Waals surface area contributed by atoms with Crippen LogP contribution in [0, 0.1) is 0 Å². The highest BCUT2D eigenvalue weighted by atomic mass is 32.2. The molecule has 2 N–H and O–H groups in total. The van der Waals surface area contributed by atoms with Crippen LogP contribution in [0.15, 0.2) is 29.7 Å². The molecule has 2 aromatic heterocycles. The number of methoxy groups -OCH3 is 1. The van der Waals surface area contributed by atoms with Crippen molar-refractivity contribution in [1.29, 1.82) is 0 Å². The third kappa shape index (κ3) is 3.31. The van der Waals surface area contributed by atoms with Crippen molar-refractivity contribution in [3.05, 3.63) is 24.5 Å². The van der Waals surface area contributed by atoms with Crippen LogP contribution < -0.4 is 10.1 Å². The summed E-state index contributed by atoms with van der Waals surface area (Å²) in [4.78, 5) is 20.2. The van der Waals surface area contributed by atoms with Crippen LogP contribution in [0.1, 0.15) is 0 Å². The lowest BCUT2D eigenvalue weighted by Gasteiger charge is -1.98. The van der Waals surface area contributed by atoms with Gasteiger partial charge in [0.05, 0.1) is 23.1 Å². The number of nitrogens with zero attached hydrogens (tertiary/aromatic N) is 3. The number of carbonyl (C=O) groups excluding carboxylic acids is 1. The first-order valence-electron chi connectivity index (χ1n) is 5.97. The summed E-state index contributed by atoms with van der Waals surface area (Å²) in [6.45, 7) is 0. The van der Waals surface area contributed by atoms with Crippen molar-refractivity contribution < 1.29 is 9.53 Å². The van der Waals surface area contributed by atoms with Gasteiger partial charge < -0.3 is 10.1 Å². The summed E-state index contributed by atoms with van der Waals surface area (Å²) in [5.74, 6) is 0.876. The number of hydrogen-bond acceptors (Lipinski definition) is 7. The first-order valence-corrected chi connectivity index (χ1v) is 7.77. The number of ether oxygens (including phenoxy) is 1. The molecule has 2 heterocycles. The van der Waals surface area contributed by atoms with Crippen molar-refractivity contribution in [1.82, 2.24) is 20.2 Å². The summed E-state index contributed by atoms with van der Waals surface area (Å²) in [6.07, 6.45) is 1.40. The SMILES string of the molecule is COc1ccc2nc(NC(=O)CSc3ncn[nH]3)sc2c1. The smallest absolute Gasteiger partial charge is 0.236 e. The molecule has 21 heavy (non-hydrogen) atoms. The Balaban J connectivity index is 1.65. The van der Waals surface area contributed by atoms with Crippen molar-refractivity contribution in [2.24, 2.45) is 0 Å². The molecule has 0 saturated carbocycles. The fourth-order valence-corrected chi connectivity index (χ4v) is 3.13. The first kappa shape index (κ1) is 13.8. The van der Waals surface area contributed by atoms with Gasteiger partial charge in [-0.15, -0.1) is 0 Å². The number of aromatic nitrogens is 4. The van der Waals surface area contributed by atoms with E-state index in [2.05, 4.69) is 25.5 Å². The Morgan fingerprint density at radius 1 is 1.52 bits per heavy atom. The van der Waals surface area contributed by atoms with Crippen molar-refractivity contribution >= 4 is 44.4 Å². The molecule has 0 aliphatic rings. The lowest BCUT2D eigenvalue weighted by molar-refractivity contribution is -0.113. The fourth-order valence-electron chi connectivity index (χ4n) is 1.64. The Kier molecular flexibility index (Phi) is 4.02. The van der Waals surface area contributed by atoms with Crippen molar-refractivity contribution in [2.75, 3.05) is 18.2 Å². The number of anilines is 1. The molecule has 0 fully saturated rings. The molecule has 108 valence electrons. The van der Waals surface area contributed by atoms with Gasteiger partial charge in [-0.25, -0.2) is 9.97 Å². The number of thiazole rings is 1. The maximum absolute atomic E-state index is 11.9. The van der Waals surface area contributed by atoms with Gasteiger partial charge in [0, 0.05) is 0 Å². The molecule has 0 aliphatic carbocycles. The largest absolute Gasteiger partial charge is 0.497 e. The van der Waals surface area contributed by atoms with Gasteiger partial charge >= 0.3 is 0 Å². The van der Waals surface area contributed by atoms with E-state index >= 15 is 0 Å². The van der Waals surface area contributed by atoms with E-state index < -0.39 is 0 Å². The molecule has 3 aromatic rings. The van der Waals surface area contributed by atoms with E-state index in [1.165, 1.54) is 29.4 Å². The van der Waals surface area contributed by atoms with Crippen LogP contribution in [0.25, 0.3) is 10.2 Å². The van der Waals surface area contributed by atoms with Crippen LogP contribution in [0.3, 0.4) is 0 Å². The molecule has 1 aromatic carbocycles. The van der Waals surface area contributed by atoms with E-state index in [-0.39, 0.29) is 11.7 Å². The maximum Gasteiger partial charge on any atom is 0.236 e. The molecule has 7 nitrogen and oxygen atoms in total. The summed E-state index contributed by atoms with van der Waals surface area (Å²) < 4.78 is 6.13. The van der Waals surface area contributed by atoms with Crippen LogP contribution in [0.2, 0.25) is 0 Å². The second kappa shape index (κ2) is 6.10. The van der Waals surface area contributed by atoms with E-state index in [1.807, 2.05) is 18.2 Å². The topological polar surface area (TPSA) is 92.8 Å². The zero-order valence-corrected chi connectivity index (χ0v) is 12.6. The second-order valence-electron chi connectivity index (χ2n) is 3.98. The minimum absolute atomic E-state index is 0.137. The van der Waals surface area contributed by atoms with Gasteiger partial charge in [0.25, 0.3) is 0 Å². The van der Waals surface area contributed by atoms with Gasteiger partial charge in [-0.1, -0.05) is 23.1 Å². The Morgan fingerprint density at radius 3 is 3.19 bits per heavy atom. The molecule has 0 spiro atoms. The quantitative estimate of drug-likeness (QED) is 0.700. The molecule has 0 unspecified atom stereocenters. The van der Waals surface area contributed by atoms with Gasteiger partial charge in [-0.05, 0) is 18.2 Å². The Hall–Kier alpha value is -2.13. The molecular formula is C12H11N5O2S2. The standard InChI is InChI=1S/C12H11N5O2S2/c1-19-7-2-3-8-9(4-7)21-12(15-8)16-10(18)5-20-11-13-6-14-17-11/h2-4,6H,5H2,1H3,(H,13,14,17)(H,15,16,18). The number of H-pyrrole nitrogens is 1. The van der Waals surface area contributed by atoms with E-state index in [4.69, 9.17) is 4.74 Å². The van der Waals surface area contributed by atoms with Crippen LogP contribution in [0.4, 0.5) is 5.13 Å². The van der Waals surface area contributed by atoms with E-state index in [0.29, 0.717) is 10.3 Å². The fraction of sp³-hybridized carbons (Fsp3) is 0.167. The number of amides is 1. The highest BCUT2D eigenvalue weighted by Gasteiger charge is 2.09. The highest BCUT2D eigenvalue weighted by molar-refractivity contribution is 7.99. The molecule has 3 rings (SSSR count). The number of benzene rings is 1. The number of thioether (sulfide) groups is 1. The lowest BCUT2D eigenvalue weighted by Crippen LogP contribution is -2.13. The number of carbonyl (C=O) groups is 1. The Morgan fingerprint density at radius 2 is 2.43 bits per heavy atom. The van der Waals surface area contributed by atoms with Crippen LogP contribution in [0.5, 0.6) is 5.75 Å². The molecule has 9 heteroatoms. The van der Waals surface area contributed by atoms with Crippen molar-refractivity contribution in [3.8, 4) is 5.75 Å². The third-order valence-corrected chi connectivity index (χ3v) is 4.39. The third-order valence-electron chi connectivity index (χ3n) is 2.57. The average Bonchev–Trinajstić information content (AvgIpc) is 3.13. The molecule has 1 amide bonds. The molecule has 0 saturated heterocycles. The average molecular weight is 321 g/mol. The molecule has 0 aliphatic heterocycles. The Labute approximate surface area is 128 Å². The van der Waals surface area contributed by atoms with Gasteiger partial charge in [0.1, 0.15) is 12.1 Å². The van der Waals surface area contributed by atoms with E-state index in [0.717, 1.165) is 16.0 Å². The number of rotatable bonds is 5. The minimum atomic E-state index is -0.137. The zero-order chi connectivity index (χ0) is 14.7. The van der Waals surface area contributed by atoms with Crippen LogP contribution in [-0.2, 0) is 4.79 Å². The zero-order valence-electron chi connectivity index (χ0n) is 11.0. The van der Waals surface area contributed by atoms with E-state index in [1.54, 1.807) is 7.11 Å². The predicted molar refractivity (Wildman–Crippen MR) is 81.9 cm³/mol. The summed E-state index contributed by atoms with van der Waals surface area (Å²) in [6, 6.07) is 5.60. The highest BCUT2D eigenvalue weighted by Crippen LogP contribution is 2.29. The normalized spacial score (nSPS) is 10.7.